The van der Waals surface area contributed by atoms with E-state index in [4.69, 9.17) is 9.47 Å². The number of aryl methyl sites for hydroxylation is 1. The van der Waals surface area contributed by atoms with Crippen molar-refractivity contribution in [1.82, 2.24) is 0 Å². The number of carboxylic acids is 1. The molecule has 9 heteroatoms. The van der Waals surface area contributed by atoms with Crippen LogP contribution in [0.4, 0.5) is 0 Å². The van der Waals surface area contributed by atoms with Gasteiger partial charge < -0.3 is 24.8 Å². The summed E-state index contributed by atoms with van der Waals surface area (Å²) in [7, 11) is -3.79. The fourth-order valence-electron chi connectivity index (χ4n) is 3.78. The molecule has 1 saturated heterocycles. The number of hydrogen-bond donors (Lipinski definition) is 3. The van der Waals surface area contributed by atoms with E-state index in [0.717, 1.165) is 5.56 Å². The fraction of sp³-hybridized carbons (Fsp3) is 0.526. The number of hydrogen-bond acceptors (Lipinski definition) is 7. The Morgan fingerprint density at radius 1 is 1.21 bits per heavy atom. The zero-order valence-electron chi connectivity index (χ0n) is 15.4. The number of carboxylic acid groups (broad SMARTS) is 1. The Kier molecular flexibility index (Phi) is 5.92. The lowest BCUT2D eigenvalue weighted by Gasteiger charge is -2.33. The minimum Gasteiger partial charge on any atom is -0.478 e. The topological polar surface area (TPSA) is 130 Å². The van der Waals surface area contributed by atoms with Crippen LogP contribution < -0.4 is 0 Å². The van der Waals surface area contributed by atoms with Gasteiger partial charge in [-0.05, 0) is 25.0 Å². The summed E-state index contributed by atoms with van der Waals surface area (Å²) in [5.41, 5.74) is 1.20. The molecule has 1 heterocycles. The van der Waals surface area contributed by atoms with E-state index >= 15 is 0 Å². The molecule has 3 rings (SSSR count). The van der Waals surface area contributed by atoms with E-state index in [1.54, 1.807) is 18.2 Å². The second-order valence-electron chi connectivity index (χ2n) is 7.22. The van der Waals surface area contributed by atoms with Crippen LogP contribution in [0.15, 0.2) is 35.9 Å². The van der Waals surface area contributed by atoms with E-state index in [1.807, 2.05) is 13.0 Å². The van der Waals surface area contributed by atoms with Crippen molar-refractivity contribution in [2.45, 2.75) is 48.8 Å². The van der Waals surface area contributed by atoms with Crippen LogP contribution in [-0.4, -0.2) is 66.2 Å². The van der Waals surface area contributed by atoms with Gasteiger partial charge in [-0.1, -0.05) is 29.8 Å². The molecule has 0 amide bonds. The Labute approximate surface area is 163 Å². The van der Waals surface area contributed by atoms with Gasteiger partial charge in [0, 0.05) is 6.42 Å². The normalized spacial score (nSPS) is 27.0. The Morgan fingerprint density at radius 3 is 2.39 bits per heavy atom. The van der Waals surface area contributed by atoms with Crippen molar-refractivity contribution in [2.75, 3.05) is 13.2 Å². The van der Waals surface area contributed by atoms with Crippen molar-refractivity contribution >= 4 is 15.8 Å². The average molecular weight is 412 g/mol. The van der Waals surface area contributed by atoms with Gasteiger partial charge in [0.05, 0.1) is 29.8 Å². The Hall–Kier alpha value is -1.78. The van der Waals surface area contributed by atoms with Gasteiger partial charge in [0.2, 0.25) is 0 Å². The highest BCUT2D eigenvalue weighted by Crippen LogP contribution is 2.41. The maximum absolute atomic E-state index is 13.0. The first kappa shape index (κ1) is 20.9. The van der Waals surface area contributed by atoms with Crippen molar-refractivity contribution in [3.8, 4) is 0 Å². The summed E-state index contributed by atoms with van der Waals surface area (Å²) in [6, 6.07) is 7.06. The van der Waals surface area contributed by atoms with Crippen molar-refractivity contribution in [2.24, 2.45) is 0 Å². The van der Waals surface area contributed by atoms with Crippen molar-refractivity contribution < 1.29 is 38.0 Å². The van der Waals surface area contributed by atoms with E-state index < -0.39 is 52.3 Å². The van der Waals surface area contributed by atoms with Crippen LogP contribution in [0.25, 0.3) is 0 Å². The highest BCUT2D eigenvalue weighted by atomic mass is 32.2. The number of carbonyl (C=O) groups is 1. The van der Waals surface area contributed by atoms with E-state index in [-0.39, 0.29) is 24.2 Å². The molecule has 2 aliphatic rings. The molecule has 1 aliphatic carbocycles. The highest BCUT2D eigenvalue weighted by molar-refractivity contribution is 7.91. The van der Waals surface area contributed by atoms with Crippen molar-refractivity contribution in [3.63, 3.8) is 0 Å². The van der Waals surface area contributed by atoms with Gasteiger partial charge >= 0.3 is 5.97 Å². The first-order chi connectivity index (χ1) is 13.2. The van der Waals surface area contributed by atoms with E-state index in [2.05, 4.69) is 0 Å². The van der Waals surface area contributed by atoms with Gasteiger partial charge in [0.25, 0.3) is 0 Å². The number of ether oxygens (including phenoxy) is 2. The van der Waals surface area contributed by atoms with Crippen LogP contribution in [0.2, 0.25) is 0 Å². The molecule has 3 atom stereocenters. The first-order valence-electron chi connectivity index (χ1n) is 9.00. The summed E-state index contributed by atoms with van der Waals surface area (Å²) in [6.07, 6.45) is -0.333. The number of aliphatic hydroxyl groups is 2. The number of benzene rings is 1. The summed E-state index contributed by atoms with van der Waals surface area (Å²) in [4.78, 5) is 11.8. The molecule has 1 aromatic carbocycles. The molecule has 1 spiro atoms. The SMILES string of the molecule is Cc1cccc(CS(=O)(=O)C2CCC3(C=C2C(=O)O)O[C@@H](CO)[C@H](CO)O3)c1. The van der Waals surface area contributed by atoms with Crippen LogP contribution in [0.3, 0.4) is 0 Å². The van der Waals surface area contributed by atoms with Gasteiger partial charge in [-0.25, -0.2) is 13.2 Å². The molecule has 1 unspecified atom stereocenters. The number of aliphatic carboxylic acids is 1. The second-order valence-corrected chi connectivity index (χ2v) is 9.40. The molecule has 0 saturated carbocycles. The molecule has 154 valence electrons. The zero-order chi connectivity index (χ0) is 20.5. The smallest absolute Gasteiger partial charge is 0.332 e. The van der Waals surface area contributed by atoms with E-state index in [9.17, 15) is 28.5 Å². The van der Waals surface area contributed by atoms with Crippen LogP contribution in [0.1, 0.15) is 24.0 Å². The minimum absolute atomic E-state index is 0.00256. The predicted molar refractivity (Wildman–Crippen MR) is 99.2 cm³/mol. The second kappa shape index (κ2) is 7.92. The number of sulfone groups is 1. The third-order valence-electron chi connectivity index (χ3n) is 5.08. The molecular weight excluding hydrogens is 388 g/mol. The molecule has 0 aromatic heterocycles. The number of rotatable bonds is 6. The van der Waals surface area contributed by atoms with Crippen molar-refractivity contribution in [1.29, 1.82) is 0 Å². The summed E-state index contributed by atoms with van der Waals surface area (Å²) in [5.74, 6) is -3.08. The van der Waals surface area contributed by atoms with Gasteiger partial charge in [0.15, 0.2) is 15.6 Å². The third-order valence-corrected chi connectivity index (χ3v) is 7.18. The Morgan fingerprint density at radius 2 is 1.86 bits per heavy atom. The maximum atomic E-state index is 13.0. The average Bonchev–Trinajstić information content (AvgIpc) is 2.98. The Bertz CT molecular complexity index is 864. The molecule has 8 nitrogen and oxygen atoms in total. The lowest BCUT2D eigenvalue weighted by molar-refractivity contribution is -0.153. The molecule has 28 heavy (non-hydrogen) atoms. The largest absolute Gasteiger partial charge is 0.478 e. The summed E-state index contributed by atoms with van der Waals surface area (Å²) in [6.45, 7) is 1.05. The van der Waals surface area contributed by atoms with E-state index in [0.29, 0.717) is 5.56 Å². The molecule has 1 fully saturated rings. The van der Waals surface area contributed by atoms with Crippen LogP contribution in [-0.2, 0) is 29.9 Å². The van der Waals surface area contributed by atoms with Crippen LogP contribution in [0, 0.1) is 6.92 Å². The van der Waals surface area contributed by atoms with Crippen LogP contribution >= 0.6 is 0 Å². The van der Waals surface area contributed by atoms with Gasteiger partial charge in [0.1, 0.15) is 12.2 Å². The van der Waals surface area contributed by atoms with Crippen LogP contribution in [0.5, 0.6) is 0 Å². The third kappa shape index (κ3) is 4.13. The lowest BCUT2D eigenvalue weighted by Crippen LogP contribution is -2.41. The monoisotopic (exact) mass is 412 g/mol. The minimum atomic E-state index is -3.79. The van der Waals surface area contributed by atoms with Crippen molar-refractivity contribution in [3.05, 3.63) is 47.0 Å². The first-order valence-corrected chi connectivity index (χ1v) is 10.7. The predicted octanol–water partition coefficient (Wildman–Crippen LogP) is 0.548. The quantitative estimate of drug-likeness (QED) is 0.617. The molecule has 0 bridgehead atoms. The number of aliphatic hydroxyl groups excluding tert-OH is 2. The summed E-state index contributed by atoms with van der Waals surface area (Å²) >= 11 is 0. The molecular formula is C19H24O8S. The summed E-state index contributed by atoms with van der Waals surface area (Å²) < 4.78 is 37.2. The fourth-order valence-corrected chi connectivity index (χ4v) is 5.66. The van der Waals surface area contributed by atoms with E-state index in [1.165, 1.54) is 6.08 Å². The van der Waals surface area contributed by atoms with Gasteiger partial charge in [-0.2, -0.15) is 0 Å². The maximum Gasteiger partial charge on any atom is 0.332 e. The summed E-state index contributed by atoms with van der Waals surface area (Å²) in [5, 5.41) is 27.2. The Balaban J connectivity index is 1.90. The molecule has 1 aromatic rings. The van der Waals surface area contributed by atoms with Gasteiger partial charge in [-0.15, -0.1) is 0 Å². The van der Waals surface area contributed by atoms with Gasteiger partial charge in [-0.3, -0.25) is 0 Å². The molecule has 3 N–H and O–H groups in total. The standard InChI is InChI=1S/C19H24O8S/c1-12-3-2-4-13(7-12)11-28(24,25)17-5-6-19(8-14(17)18(22)23)26-15(9-20)16(10-21)27-19/h2-4,7-8,15-17,20-21H,5-6,9-11H2,1H3,(H,22,23)/t15-,16-,17?/m0/s1. The lowest BCUT2D eigenvalue weighted by atomic mass is 9.94. The molecule has 1 aliphatic heterocycles. The molecule has 0 radical (unpaired) electrons. The zero-order valence-corrected chi connectivity index (χ0v) is 16.3. The highest BCUT2D eigenvalue weighted by Gasteiger charge is 2.51.